The summed E-state index contributed by atoms with van der Waals surface area (Å²) in [6, 6.07) is 13.3. The maximum Gasteiger partial charge on any atom is 0.373 e. The lowest BCUT2D eigenvalue weighted by atomic mass is 10.1. The molecule has 4 rings (SSSR count). The molecule has 3 aromatic rings. The van der Waals surface area contributed by atoms with Crippen LogP contribution in [0, 0.1) is 10.1 Å². The van der Waals surface area contributed by atoms with E-state index in [9.17, 15) is 10.1 Å². The first-order chi connectivity index (χ1) is 12.2. The molecule has 1 aromatic heterocycles. The van der Waals surface area contributed by atoms with Gasteiger partial charge in [-0.3, -0.25) is 10.1 Å². The molecule has 1 aliphatic rings. The summed E-state index contributed by atoms with van der Waals surface area (Å²) in [6.45, 7) is 1.51. The third-order valence-corrected chi connectivity index (χ3v) is 4.31. The highest BCUT2D eigenvalue weighted by Crippen LogP contribution is 2.38. The van der Waals surface area contributed by atoms with Crippen LogP contribution in [-0.2, 0) is 0 Å². The van der Waals surface area contributed by atoms with Gasteiger partial charge in [-0.2, -0.15) is 4.98 Å². The summed E-state index contributed by atoms with van der Waals surface area (Å²) in [6.07, 6.45) is 3.32. The van der Waals surface area contributed by atoms with Gasteiger partial charge >= 0.3 is 11.6 Å². The third kappa shape index (κ3) is 2.84. The molecule has 1 fully saturated rings. The van der Waals surface area contributed by atoms with Gasteiger partial charge in [-0.05, 0) is 24.3 Å². The lowest BCUT2D eigenvalue weighted by Crippen LogP contribution is -2.20. The standard InChI is InChI=1S/C18H16N4O3/c23-22(24)16-17(21-10-3-4-11-21)19-12-20-18(16)25-15-9-5-7-13-6-1-2-8-14(13)15/h1-2,5-9,12H,3-4,10-11H2. The molecule has 0 unspecified atom stereocenters. The number of aromatic nitrogens is 2. The summed E-state index contributed by atoms with van der Waals surface area (Å²) >= 11 is 0. The van der Waals surface area contributed by atoms with Crippen LogP contribution in [0.15, 0.2) is 48.8 Å². The predicted molar refractivity (Wildman–Crippen MR) is 94.2 cm³/mol. The van der Waals surface area contributed by atoms with Crippen LogP contribution >= 0.6 is 0 Å². The van der Waals surface area contributed by atoms with E-state index < -0.39 is 4.92 Å². The molecule has 7 heteroatoms. The molecular weight excluding hydrogens is 320 g/mol. The zero-order valence-corrected chi connectivity index (χ0v) is 13.5. The molecular formula is C18H16N4O3. The summed E-state index contributed by atoms with van der Waals surface area (Å²) in [7, 11) is 0. The fraction of sp³-hybridized carbons (Fsp3) is 0.222. The van der Waals surface area contributed by atoms with E-state index in [1.165, 1.54) is 6.33 Å². The van der Waals surface area contributed by atoms with Crippen molar-refractivity contribution in [2.24, 2.45) is 0 Å². The van der Waals surface area contributed by atoms with Crippen molar-refractivity contribution in [3.8, 4) is 11.6 Å². The monoisotopic (exact) mass is 336 g/mol. The molecule has 25 heavy (non-hydrogen) atoms. The Hall–Kier alpha value is -3.22. The van der Waals surface area contributed by atoms with Crippen LogP contribution in [0.3, 0.4) is 0 Å². The van der Waals surface area contributed by atoms with Crippen molar-refractivity contribution in [2.45, 2.75) is 12.8 Å². The van der Waals surface area contributed by atoms with E-state index in [0.717, 1.165) is 36.7 Å². The number of nitrogens with zero attached hydrogens (tertiary/aromatic N) is 4. The molecule has 0 aliphatic carbocycles. The van der Waals surface area contributed by atoms with E-state index in [0.29, 0.717) is 11.6 Å². The minimum atomic E-state index is -0.464. The van der Waals surface area contributed by atoms with Gasteiger partial charge in [0.2, 0.25) is 5.82 Å². The number of hydrogen-bond acceptors (Lipinski definition) is 6. The molecule has 1 saturated heterocycles. The predicted octanol–water partition coefficient (Wildman–Crippen LogP) is 3.93. The number of rotatable bonds is 4. The summed E-state index contributed by atoms with van der Waals surface area (Å²) in [5, 5.41) is 13.5. The van der Waals surface area contributed by atoms with Gasteiger partial charge in [-0.1, -0.05) is 36.4 Å². The van der Waals surface area contributed by atoms with Crippen molar-refractivity contribution >= 4 is 22.3 Å². The highest BCUT2D eigenvalue weighted by Gasteiger charge is 2.30. The smallest absolute Gasteiger partial charge is 0.373 e. The Kier molecular flexibility index (Phi) is 3.89. The van der Waals surface area contributed by atoms with Gasteiger partial charge in [-0.15, -0.1) is 0 Å². The van der Waals surface area contributed by atoms with Crippen LogP contribution < -0.4 is 9.64 Å². The zero-order chi connectivity index (χ0) is 17.2. The van der Waals surface area contributed by atoms with E-state index >= 15 is 0 Å². The SMILES string of the molecule is O=[N+]([O-])c1c(Oc2cccc3ccccc23)ncnc1N1CCCC1. The second-order valence-corrected chi connectivity index (χ2v) is 5.88. The minimum Gasteiger partial charge on any atom is -0.433 e. The first-order valence-corrected chi connectivity index (χ1v) is 8.14. The van der Waals surface area contributed by atoms with Gasteiger partial charge < -0.3 is 9.64 Å². The van der Waals surface area contributed by atoms with Crippen molar-refractivity contribution < 1.29 is 9.66 Å². The molecule has 0 atom stereocenters. The fourth-order valence-electron chi connectivity index (χ4n) is 3.14. The zero-order valence-electron chi connectivity index (χ0n) is 13.5. The number of fused-ring (bicyclic) bond motifs is 1. The average molecular weight is 336 g/mol. The Balaban J connectivity index is 1.79. The van der Waals surface area contributed by atoms with Crippen LogP contribution in [0.1, 0.15) is 12.8 Å². The van der Waals surface area contributed by atoms with Crippen molar-refractivity contribution in [1.29, 1.82) is 0 Å². The molecule has 2 aromatic carbocycles. The quantitative estimate of drug-likeness (QED) is 0.530. The first-order valence-electron chi connectivity index (χ1n) is 8.14. The van der Waals surface area contributed by atoms with E-state index in [4.69, 9.17) is 4.74 Å². The lowest BCUT2D eigenvalue weighted by Gasteiger charge is -2.17. The van der Waals surface area contributed by atoms with Gasteiger partial charge in [0.15, 0.2) is 0 Å². The largest absolute Gasteiger partial charge is 0.433 e. The Morgan fingerprint density at radius 3 is 2.60 bits per heavy atom. The molecule has 1 aliphatic heterocycles. The maximum atomic E-state index is 11.7. The molecule has 7 nitrogen and oxygen atoms in total. The number of benzene rings is 2. The van der Waals surface area contributed by atoms with Crippen molar-refractivity contribution in [1.82, 2.24) is 9.97 Å². The van der Waals surface area contributed by atoms with Gasteiger partial charge in [-0.25, -0.2) is 4.98 Å². The van der Waals surface area contributed by atoms with E-state index in [-0.39, 0.29) is 11.6 Å². The van der Waals surface area contributed by atoms with Crippen LogP contribution in [0.5, 0.6) is 11.6 Å². The fourth-order valence-corrected chi connectivity index (χ4v) is 3.14. The summed E-state index contributed by atoms with van der Waals surface area (Å²) < 4.78 is 5.86. The molecule has 126 valence electrons. The van der Waals surface area contributed by atoms with Crippen molar-refractivity contribution in [3.63, 3.8) is 0 Å². The molecule has 0 radical (unpaired) electrons. The lowest BCUT2D eigenvalue weighted by molar-refractivity contribution is -0.385. The molecule has 0 bridgehead atoms. The van der Waals surface area contributed by atoms with Crippen molar-refractivity contribution in [2.75, 3.05) is 18.0 Å². The van der Waals surface area contributed by atoms with Gasteiger partial charge in [0.25, 0.3) is 0 Å². The Bertz CT molecular complexity index is 933. The number of nitro groups is 1. The second-order valence-electron chi connectivity index (χ2n) is 5.88. The van der Waals surface area contributed by atoms with E-state index in [2.05, 4.69) is 9.97 Å². The Morgan fingerprint density at radius 1 is 1.04 bits per heavy atom. The van der Waals surface area contributed by atoms with Crippen LogP contribution in [-0.4, -0.2) is 28.0 Å². The molecule has 0 spiro atoms. The average Bonchev–Trinajstić information content (AvgIpc) is 3.16. The highest BCUT2D eigenvalue weighted by atomic mass is 16.6. The van der Waals surface area contributed by atoms with E-state index in [1.54, 1.807) is 6.07 Å². The molecule has 0 amide bonds. The van der Waals surface area contributed by atoms with Gasteiger partial charge in [0, 0.05) is 18.5 Å². The molecule has 2 heterocycles. The Labute approximate surface area is 144 Å². The summed E-state index contributed by atoms with van der Waals surface area (Å²) in [4.78, 5) is 21.3. The van der Waals surface area contributed by atoms with Crippen LogP contribution in [0.2, 0.25) is 0 Å². The van der Waals surface area contributed by atoms with Gasteiger partial charge in [0.1, 0.15) is 12.1 Å². The van der Waals surface area contributed by atoms with Gasteiger partial charge in [0.05, 0.1) is 4.92 Å². The molecule has 0 N–H and O–H groups in total. The number of hydrogen-bond donors (Lipinski definition) is 0. The highest BCUT2D eigenvalue weighted by molar-refractivity contribution is 5.88. The summed E-state index contributed by atoms with van der Waals surface area (Å²) in [5.41, 5.74) is -0.183. The first kappa shape index (κ1) is 15.3. The number of ether oxygens (including phenoxy) is 1. The third-order valence-electron chi connectivity index (χ3n) is 4.31. The van der Waals surface area contributed by atoms with Crippen molar-refractivity contribution in [3.05, 3.63) is 58.9 Å². The molecule has 0 saturated carbocycles. The van der Waals surface area contributed by atoms with Crippen LogP contribution in [0.25, 0.3) is 10.8 Å². The summed E-state index contributed by atoms with van der Waals surface area (Å²) in [5.74, 6) is 0.832. The van der Waals surface area contributed by atoms with Crippen LogP contribution in [0.4, 0.5) is 11.5 Å². The van der Waals surface area contributed by atoms with E-state index in [1.807, 2.05) is 41.3 Å². The second kappa shape index (κ2) is 6.35. The topological polar surface area (TPSA) is 81.4 Å². The Morgan fingerprint density at radius 2 is 1.80 bits per heavy atom. The normalized spacial score (nSPS) is 14.0. The maximum absolute atomic E-state index is 11.7. The number of anilines is 1. The minimum absolute atomic E-state index is 0.0294.